The second-order valence-corrected chi connectivity index (χ2v) is 7.23. The predicted molar refractivity (Wildman–Crippen MR) is 82.6 cm³/mol. The maximum absolute atomic E-state index is 3.73. The smallest absolute Gasteiger partial charge is 0.0113 e. The summed E-state index contributed by atoms with van der Waals surface area (Å²) in [5.74, 6) is 0. The van der Waals surface area contributed by atoms with E-state index in [0.717, 1.165) is 6.04 Å². The summed E-state index contributed by atoms with van der Waals surface area (Å²) < 4.78 is 0. The molecule has 1 saturated carbocycles. The van der Waals surface area contributed by atoms with Gasteiger partial charge in [-0.25, -0.2) is 0 Å². The van der Waals surface area contributed by atoms with Gasteiger partial charge in [0.1, 0.15) is 0 Å². The molecule has 2 fully saturated rings. The van der Waals surface area contributed by atoms with E-state index in [1.807, 2.05) is 0 Å². The van der Waals surface area contributed by atoms with Gasteiger partial charge < -0.3 is 10.2 Å². The number of nitrogens with one attached hydrogen (secondary N) is 1. The Morgan fingerprint density at radius 3 is 2.26 bits per heavy atom. The molecule has 1 saturated heterocycles. The fraction of sp³-hybridized carbons (Fsp3) is 1.00. The Balaban J connectivity index is 1.74. The molecule has 0 bridgehead atoms. The van der Waals surface area contributed by atoms with Crippen LogP contribution in [0, 0.1) is 5.41 Å². The summed E-state index contributed by atoms with van der Waals surface area (Å²) >= 11 is 0. The van der Waals surface area contributed by atoms with Crippen LogP contribution in [0.3, 0.4) is 0 Å². The molecule has 2 aliphatic rings. The fourth-order valence-corrected chi connectivity index (χ4v) is 2.95. The van der Waals surface area contributed by atoms with Gasteiger partial charge in [-0.15, -0.1) is 0 Å². The number of rotatable bonds is 7. The van der Waals surface area contributed by atoms with Crippen LogP contribution >= 0.6 is 0 Å². The zero-order chi connectivity index (χ0) is 13.9. The summed E-state index contributed by atoms with van der Waals surface area (Å²) in [6.45, 7) is 16.9. The molecule has 0 radical (unpaired) electrons. The normalized spacial score (nSPS) is 25.7. The molecule has 1 heterocycles. The maximum Gasteiger partial charge on any atom is 0.0113 e. The van der Waals surface area contributed by atoms with Crippen LogP contribution in [0.2, 0.25) is 0 Å². The lowest BCUT2D eigenvalue weighted by Gasteiger charge is -2.41. The minimum absolute atomic E-state index is 0.447. The van der Waals surface area contributed by atoms with Crippen molar-refractivity contribution >= 4 is 0 Å². The van der Waals surface area contributed by atoms with Gasteiger partial charge in [-0.3, -0.25) is 4.90 Å². The largest absolute Gasteiger partial charge is 0.313 e. The first-order valence-corrected chi connectivity index (χ1v) is 8.22. The molecule has 1 aliphatic heterocycles. The number of hydrogen-bond acceptors (Lipinski definition) is 3. The molecule has 2 rings (SSSR count). The molecule has 1 unspecified atom stereocenters. The molecule has 0 amide bonds. The lowest BCUT2D eigenvalue weighted by molar-refractivity contribution is 0.0735. The van der Waals surface area contributed by atoms with E-state index in [9.17, 15) is 0 Å². The van der Waals surface area contributed by atoms with Crippen LogP contribution in [0.4, 0.5) is 0 Å². The van der Waals surface area contributed by atoms with Crippen molar-refractivity contribution in [1.29, 1.82) is 0 Å². The van der Waals surface area contributed by atoms with E-state index in [4.69, 9.17) is 0 Å². The topological polar surface area (TPSA) is 18.5 Å². The molecule has 0 aromatic carbocycles. The summed E-state index contributed by atoms with van der Waals surface area (Å²) in [6.07, 6.45) is 4.07. The Bertz CT molecular complexity index is 267. The second kappa shape index (κ2) is 6.55. The van der Waals surface area contributed by atoms with Gasteiger partial charge in [-0.2, -0.15) is 0 Å². The van der Waals surface area contributed by atoms with Gasteiger partial charge in [0, 0.05) is 51.4 Å². The van der Waals surface area contributed by atoms with Crippen molar-refractivity contribution in [1.82, 2.24) is 15.1 Å². The van der Waals surface area contributed by atoms with Crippen LogP contribution in [0.15, 0.2) is 0 Å². The molecule has 19 heavy (non-hydrogen) atoms. The summed E-state index contributed by atoms with van der Waals surface area (Å²) in [5.41, 5.74) is 0.447. The van der Waals surface area contributed by atoms with Crippen LogP contribution in [0.5, 0.6) is 0 Å². The van der Waals surface area contributed by atoms with Gasteiger partial charge in [-0.1, -0.05) is 13.8 Å². The molecule has 0 spiro atoms. The van der Waals surface area contributed by atoms with Gasteiger partial charge in [-0.05, 0) is 38.5 Å². The molecule has 1 N–H and O–H groups in total. The first-order valence-electron chi connectivity index (χ1n) is 8.22. The molecule has 1 atom stereocenters. The van der Waals surface area contributed by atoms with Crippen molar-refractivity contribution in [3.05, 3.63) is 0 Å². The average Bonchev–Trinajstić information content (AvgIpc) is 3.21. The molecule has 3 nitrogen and oxygen atoms in total. The van der Waals surface area contributed by atoms with E-state index in [2.05, 4.69) is 42.8 Å². The highest BCUT2D eigenvalue weighted by Gasteiger charge is 2.30. The summed E-state index contributed by atoms with van der Waals surface area (Å²) in [4.78, 5) is 5.28. The Hall–Kier alpha value is -0.120. The van der Waals surface area contributed by atoms with Gasteiger partial charge in [0.2, 0.25) is 0 Å². The maximum atomic E-state index is 3.73. The standard InChI is InChI=1S/C16H33N3/c1-5-16(4,12-17-15-6-7-15)13-18-8-10-19(11-9-18)14(2)3/h14-15,17H,5-13H2,1-4H3. The second-order valence-electron chi connectivity index (χ2n) is 7.23. The van der Waals surface area contributed by atoms with E-state index in [1.165, 1.54) is 58.5 Å². The third-order valence-corrected chi connectivity index (χ3v) is 4.99. The van der Waals surface area contributed by atoms with Crippen LogP contribution in [-0.4, -0.2) is 61.2 Å². The zero-order valence-electron chi connectivity index (χ0n) is 13.4. The van der Waals surface area contributed by atoms with E-state index < -0.39 is 0 Å². The van der Waals surface area contributed by atoms with Crippen LogP contribution in [0.1, 0.15) is 47.0 Å². The lowest BCUT2D eigenvalue weighted by atomic mass is 9.86. The van der Waals surface area contributed by atoms with Crippen molar-refractivity contribution in [2.45, 2.75) is 59.0 Å². The molecule has 3 heteroatoms. The summed E-state index contributed by atoms with van der Waals surface area (Å²) in [6, 6.07) is 1.54. The Morgan fingerprint density at radius 2 is 1.79 bits per heavy atom. The van der Waals surface area contributed by atoms with E-state index in [1.54, 1.807) is 0 Å². The van der Waals surface area contributed by atoms with Crippen molar-refractivity contribution in [2.75, 3.05) is 39.3 Å². The molecule has 0 aromatic heterocycles. The van der Waals surface area contributed by atoms with Crippen molar-refractivity contribution in [2.24, 2.45) is 5.41 Å². The highest BCUT2D eigenvalue weighted by molar-refractivity contribution is 4.87. The average molecular weight is 267 g/mol. The Morgan fingerprint density at radius 1 is 1.16 bits per heavy atom. The third kappa shape index (κ3) is 4.73. The van der Waals surface area contributed by atoms with Crippen molar-refractivity contribution < 1.29 is 0 Å². The lowest BCUT2D eigenvalue weighted by Crippen LogP contribution is -2.52. The highest BCUT2D eigenvalue weighted by Crippen LogP contribution is 2.26. The molecule has 112 valence electrons. The minimum Gasteiger partial charge on any atom is -0.313 e. The van der Waals surface area contributed by atoms with Gasteiger partial charge in [0.05, 0.1) is 0 Å². The van der Waals surface area contributed by atoms with Crippen LogP contribution in [0.25, 0.3) is 0 Å². The molecular formula is C16H33N3. The van der Waals surface area contributed by atoms with Crippen LogP contribution < -0.4 is 5.32 Å². The monoisotopic (exact) mass is 267 g/mol. The molecular weight excluding hydrogens is 234 g/mol. The third-order valence-electron chi connectivity index (χ3n) is 4.99. The summed E-state index contributed by atoms with van der Waals surface area (Å²) in [7, 11) is 0. The first kappa shape index (κ1) is 15.3. The van der Waals surface area contributed by atoms with E-state index >= 15 is 0 Å². The number of piperazine rings is 1. The Labute approximate surface area is 119 Å². The minimum atomic E-state index is 0.447. The number of nitrogens with zero attached hydrogens (tertiary/aromatic N) is 2. The predicted octanol–water partition coefficient (Wildman–Crippen LogP) is 2.18. The number of hydrogen-bond donors (Lipinski definition) is 1. The Kier molecular flexibility index (Phi) is 5.27. The molecule has 0 aromatic rings. The first-order chi connectivity index (χ1) is 9.02. The molecule has 1 aliphatic carbocycles. The quantitative estimate of drug-likeness (QED) is 0.763. The van der Waals surface area contributed by atoms with E-state index in [0.29, 0.717) is 11.5 Å². The van der Waals surface area contributed by atoms with Gasteiger partial charge in [0.15, 0.2) is 0 Å². The van der Waals surface area contributed by atoms with E-state index in [-0.39, 0.29) is 0 Å². The zero-order valence-corrected chi connectivity index (χ0v) is 13.4. The van der Waals surface area contributed by atoms with Crippen molar-refractivity contribution in [3.8, 4) is 0 Å². The fourth-order valence-electron chi connectivity index (χ4n) is 2.95. The van der Waals surface area contributed by atoms with Gasteiger partial charge >= 0.3 is 0 Å². The van der Waals surface area contributed by atoms with Gasteiger partial charge in [0.25, 0.3) is 0 Å². The van der Waals surface area contributed by atoms with Crippen LogP contribution in [-0.2, 0) is 0 Å². The highest BCUT2D eigenvalue weighted by atomic mass is 15.3. The SMILES string of the molecule is CCC(C)(CNC1CC1)CN1CCN(C(C)C)CC1. The summed E-state index contributed by atoms with van der Waals surface area (Å²) in [5, 5.41) is 3.73. The van der Waals surface area contributed by atoms with Crippen molar-refractivity contribution in [3.63, 3.8) is 0 Å².